The number of furan rings is 1. The Balaban J connectivity index is 2.18. The van der Waals surface area contributed by atoms with Crippen LogP contribution in [0.1, 0.15) is 18.2 Å². The van der Waals surface area contributed by atoms with E-state index in [4.69, 9.17) is 20.8 Å². The van der Waals surface area contributed by atoms with Gasteiger partial charge in [-0.05, 0) is 24.6 Å². The summed E-state index contributed by atoms with van der Waals surface area (Å²) in [5.41, 5.74) is 0.986. The van der Waals surface area contributed by atoms with Crippen molar-refractivity contribution in [3.63, 3.8) is 0 Å². The van der Waals surface area contributed by atoms with Gasteiger partial charge in [-0.2, -0.15) is 0 Å². The molecule has 0 N–H and O–H groups in total. The van der Waals surface area contributed by atoms with E-state index >= 15 is 0 Å². The van der Waals surface area contributed by atoms with Gasteiger partial charge in [0.15, 0.2) is 5.76 Å². The number of nitrogens with zero attached hydrogens (tertiary/aromatic N) is 2. The molecule has 2 aromatic rings. The summed E-state index contributed by atoms with van der Waals surface area (Å²) < 4.78 is 10.1. The van der Waals surface area contributed by atoms with E-state index in [-0.39, 0.29) is 23.2 Å². The summed E-state index contributed by atoms with van der Waals surface area (Å²) in [6, 6.07) is 12.9. The fourth-order valence-corrected chi connectivity index (χ4v) is 1.90. The third kappa shape index (κ3) is 4.56. The van der Waals surface area contributed by atoms with Gasteiger partial charge < -0.3 is 9.15 Å². The van der Waals surface area contributed by atoms with Gasteiger partial charge in [0.1, 0.15) is 5.17 Å². The highest BCUT2D eigenvalue weighted by Gasteiger charge is 2.18. The molecule has 0 aliphatic carbocycles. The summed E-state index contributed by atoms with van der Waals surface area (Å²) in [6.07, 6.45) is 1.87. The van der Waals surface area contributed by atoms with Crippen LogP contribution < -0.4 is 0 Å². The van der Waals surface area contributed by atoms with Crippen molar-refractivity contribution in [3.8, 4) is 0 Å². The van der Waals surface area contributed by atoms with Crippen molar-refractivity contribution in [2.75, 3.05) is 6.61 Å². The number of halogens is 1. The molecule has 2 rings (SSSR count). The molecular formula is C16H15ClN2O3. The first-order valence-corrected chi connectivity index (χ1v) is 7.13. The number of ether oxygens (including phenoxy) is 1. The fraction of sp³-hybridized carbons (Fsp3) is 0.188. The summed E-state index contributed by atoms with van der Waals surface area (Å²) in [7, 11) is 0. The molecule has 0 saturated heterocycles. The predicted molar refractivity (Wildman–Crippen MR) is 85.3 cm³/mol. The van der Waals surface area contributed by atoms with Gasteiger partial charge in [-0.1, -0.05) is 41.9 Å². The zero-order chi connectivity index (χ0) is 15.8. The smallest absolute Gasteiger partial charge is 0.362 e. The molecule has 0 radical (unpaired) electrons. The Bertz CT molecular complexity index is 664. The molecule has 22 heavy (non-hydrogen) atoms. The summed E-state index contributed by atoms with van der Waals surface area (Å²) in [4.78, 5) is 11.9. The predicted octanol–water partition coefficient (Wildman–Crippen LogP) is 3.43. The van der Waals surface area contributed by atoms with Crippen LogP contribution in [-0.2, 0) is 16.0 Å². The van der Waals surface area contributed by atoms with Crippen molar-refractivity contribution in [3.05, 3.63) is 60.1 Å². The van der Waals surface area contributed by atoms with Gasteiger partial charge in [0.25, 0.3) is 0 Å². The van der Waals surface area contributed by atoms with E-state index in [1.807, 2.05) is 30.3 Å². The van der Waals surface area contributed by atoms with E-state index < -0.39 is 5.97 Å². The molecule has 0 saturated carbocycles. The van der Waals surface area contributed by atoms with Crippen LogP contribution in [0.4, 0.5) is 0 Å². The van der Waals surface area contributed by atoms with E-state index in [0.717, 1.165) is 5.56 Å². The zero-order valence-corrected chi connectivity index (χ0v) is 12.8. The van der Waals surface area contributed by atoms with E-state index in [2.05, 4.69) is 10.2 Å². The van der Waals surface area contributed by atoms with Crippen molar-refractivity contribution < 1.29 is 13.9 Å². The first kappa shape index (κ1) is 16.0. The monoisotopic (exact) mass is 318 g/mol. The molecular weight excluding hydrogens is 304 g/mol. The molecule has 0 fully saturated rings. The Hall–Kier alpha value is -2.40. The van der Waals surface area contributed by atoms with E-state index in [9.17, 15) is 4.79 Å². The van der Waals surface area contributed by atoms with Crippen LogP contribution in [-0.4, -0.2) is 23.5 Å². The Labute approximate surface area is 133 Å². The third-order valence-electron chi connectivity index (χ3n) is 2.67. The molecule has 0 atom stereocenters. The number of benzene rings is 1. The summed E-state index contributed by atoms with van der Waals surface area (Å²) >= 11 is 6.06. The normalized spacial score (nSPS) is 12.3. The van der Waals surface area contributed by atoms with Crippen molar-refractivity contribution in [1.82, 2.24) is 0 Å². The third-order valence-corrected chi connectivity index (χ3v) is 2.88. The second-order valence-electron chi connectivity index (χ2n) is 4.29. The molecule has 0 aliphatic rings. The standard InChI is InChI=1S/C16H15ClN2O3/c1-2-21-16(20)15(13-9-6-10-22-13)19-18-14(17)11-12-7-4-3-5-8-12/h3-10H,2,11H2,1H3. The number of carbonyl (C=O) groups excluding carboxylic acids is 1. The number of carbonyl (C=O) groups is 1. The maximum Gasteiger partial charge on any atom is 0.362 e. The van der Waals surface area contributed by atoms with Gasteiger partial charge in [-0.3, -0.25) is 0 Å². The molecule has 0 amide bonds. The molecule has 1 aromatic heterocycles. The lowest BCUT2D eigenvalue weighted by Gasteiger charge is -2.02. The lowest BCUT2D eigenvalue weighted by molar-refractivity contribution is -0.135. The van der Waals surface area contributed by atoms with E-state index in [0.29, 0.717) is 6.42 Å². The molecule has 0 spiro atoms. The minimum atomic E-state index is -0.606. The summed E-state index contributed by atoms with van der Waals surface area (Å²) in [6.45, 7) is 1.95. The summed E-state index contributed by atoms with van der Waals surface area (Å²) in [5.74, 6) is -0.322. The molecule has 0 unspecified atom stereocenters. The van der Waals surface area contributed by atoms with Crippen LogP contribution in [0.25, 0.3) is 0 Å². The van der Waals surface area contributed by atoms with E-state index in [1.54, 1.807) is 19.1 Å². The number of rotatable bonds is 6. The second kappa shape index (κ2) is 8.14. The minimum Gasteiger partial charge on any atom is -0.462 e. The van der Waals surface area contributed by atoms with Gasteiger partial charge in [0, 0.05) is 6.42 Å². The largest absolute Gasteiger partial charge is 0.462 e. The van der Waals surface area contributed by atoms with Crippen molar-refractivity contribution in [1.29, 1.82) is 0 Å². The minimum absolute atomic E-state index is 0.0157. The van der Waals surface area contributed by atoms with Crippen LogP contribution >= 0.6 is 11.6 Å². The zero-order valence-electron chi connectivity index (χ0n) is 12.0. The first-order chi connectivity index (χ1) is 10.7. The first-order valence-electron chi connectivity index (χ1n) is 6.75. The highest BCUT2D eigenvalue weighted by atomic mass is 35.5. The Morgan fingerprint density at radius 3 is 2.59 bits per heavy atom. The quantitative estimate of drug-likeness (QED) is 0.465. The highest BCUT2D eigenvalue weighted by Crippen LogP contribution is 2.07. The molecule has 6 heteroatoms. The van der Waals surface area contributed by atoms with E-state index in [1.165, 1.54) is 6.26 Å². The summed E-state index contributed by atoms with van der Waals surface area (Å²) in [5, 5.41) is 8.04. The van der Waals surface area contributed by atoms with Gasteiger partial charge >= 0.3 is 5.97 Å². The Kier molecular flexibility index (Phi) is 5.91. The van der Waals surface area contributed by atoms with Crippen molar-refractivity contribution >= 4 is 28.5 Å². The topological polar surface area (TPSA) is 64.2 Å². The average molecular weight is 319 g/mol. The van der Waals surface area contributed by atoms with Crippen LogP contribution in [0.5, 0.6) is 0 Å². The lowest BCUT2D eigenvalue weighted by atomic mass is 10.2. The van der Waals surface area contributed by atoms with Crippen molar-refractivity contribution in [2.45, 2.75) is 13.3 Å². The van der Waals surface area contributed by atoms with Gasteiger partial charge in [0.2, 0.25) is 5.71 Å². The second-order valence-corrected chi connectivity index (χ2v) is 4.72. The molecule has 1 heterocycles. The van der Waals surface area contributed by atoms with Crippen LogP contribution in [0.3, 0.4) is 0 Å². The number of hydrogen-bond acceptors (Lipinski definition) is 5. The molecule has 114 valence electrons. The molecule has 0 bridgehead atoms. The maximum absolute atomic E-state index is 11.9. The van der Waals surface area contributed by atoms with Gasteiger partial charge in [-0.15, -0.1) is 10.2 Å². The maximum atomic E-state index is 11.9. The molecule has 0 aliphatic heterocycles. The van der Waals surface area contributed by atoms with Crippen LogP contribution in [0.2, 0.25) is 0 Å². The lowest BCUT2D eigenvalue weighted by Crippen LogP contribution is -2.18. The Morgan fingerprint density at radius 1 is 1.18 bits per heavy atom. The SMILES string of the molecule is CCOC(=O)C(=NN=C(Cl)Cc1ccccc1)c1ccco1. The highest BCUT2D eigenvalue weighted by molar-refractivity contribution is 6.65. The Morgan fingerprint density at radius 2 is 1.95 bits per heavy atom. The molecule has 1 aromatic carbocycles. The number of hydrogen-bond donors (Lipinski definition) is 0. The van der Waals surface area contributed by atoms with Crippen LogP contribution in [0, 0.1) is 0 Å². The fourth-order valence-electron chi connectivity index (χ4n) is 1.71. The van der Waals surface area contributed by atoms with Gasteiger partial charge in [0.05, 0.1) is 12.9 Å². The average Bonchev–Trinajstić information content (AvgIpc) is 3.03. The van der Waals surface area contributed by atoms with Crippen LogP contribution in [0.15, 0.2) is 63.3 Å². The van der Waals surface area contributed by atoms with Crippen molar-refractivity contribution in [2.24, 2.45) is 10.2 Å². The van der Waals surface area contributed by atoms with Gasteiger partial charge in [-0.25, -0.2) is 4.79 Å². The number of esters is 1. The molecule has 5 nitrogen and oxygen atoms in total.